The lowest BCUT2D eigenvalue weighted by Gasteiger charge is -2.34. The molecule has 0 bridgehead atoms. The van der Waals surface area contributed by atoms with Gasteiger partial charge in [-0.3, -0.25) is 9.10 Å². The highest BCUT2D eigenvalue weighted by Crippen LogP contribution is 2.37. The molecule has 9 heteroatoms. The third-order valence-electron chi connectivity index (χ3n) is 3.42. The van der Waals surface area contributed by atoms with Crippen molar-refractivity contribution in [3.8, 4) is 5.75 Å². The van der Waals surface area contributed by atoms with Crippen molar-refractivity contribution in [3.63, 3.8) is 0 Å². The second-order valence-corrected chi connectivity index (χ2v) is 11.0. The van der Waals surface area contributed by atoms with E-state index in [1.165, 1.54) is 6.07 Å². The number of ether oxygens (including phenoxy) is 1. The minimum Gasteiger partial charge on any atom is -0.476 e. The maximum atomic E-state index is 12.4. The molecule has 0 fully saturated rings. The molecule has 1 N–H and O–H groups in total. The quantitative estimate of drug-likeness (QED) is 0.760. The number of anilines is 1. The van der Waals surface area contributed by atoms with Gasteiger partial charge in [0.1, 0.15) is 5.75 Å². The average Bonchev–Trinajstić information content (AvgIpc) is 2.48. The fourth-order valence-electron chi connectivity index (χ4n) is 2.32. The molecule has 1 amide bonds. The zero-order valence-electron chi connectivity index (χ0n) is 14.7. The molecule has 2 rings (SSSR count). The lowest BCUT2D eigenvalue weighted by atomic mass is 10.2. The van der Waals surface area contributed by atoms with E-state index in [0.717, 1.165) is 16.3 Å². The number of nitrogens with zero attached hydrogens (tertiary/aromatic N) is 1. The molecule has 1 aliphatic heterocycles. The smallest absolute Gasteiger partial charge is 0.263 e. The summed E-state index contributed by atoms with van der Waals surface area (Å²) >= 11 is 7.69. The summed E-state index contributed by atoms with van der Waals surface area (Å²) in [6.45, 7) is 6.73. The predicted octanol–water partition coefficient (Wildman–Crippen LogP) is 2.51. The maximum Gasteiger partial charge on any atom is 0.263 e. The van der Waals surface area contributed by atoms with Crippen LogP contribution in [0, 0.1) is 0 Å². The number of sulfonamides is 1. The molecule has 1 aromatic carbocycles. The van der Waals surface area contributed by atoms with Gasteiger partial charge < -0.3 is 10.1 Å². The Kier molecular flexibility index (Phi) is 6.17. The lowest BCUT2D eigenvalue weighted by molar-refractivity contribution is -0.127. The number of hydrogen-bond donors (Lipinski definition) is 1. The van der Waals surface area contributed by atoms with E-state index in [9.17, 15) is 13.2 Å². The highest BCUT2D eigenvalue weighted by Gasteiger charge is 2.35. The van der Waals surface area contributed by atoms with Crippen LogP contribution in [0.5, 0.6) is 5.75 Å². The summed E-state index contributed by atoms with van der Waals surface area (Å²) in [7, 11) is -3.56. The highest BCUT2D eigenvalue weighted by molar-refractivity contribution is 8.00. The van der Waals surface area contributed by atoms with Gasteiger partial charge >= 0.3 is 0 Å². The van der Waals surface area contributed by atoms with E-state index in [1.54, 1.807) is 23.9 Å². The number of fused-ring (bicyclic) bond motifs is 1. The number of hydrogen-bond acceptors (Lipinski definition) is 5. The summed E-state index contributed by atoms with van der Waals surface area (Å²) < 4.78 is 31.2. The van der Waals surface area contributed by atoms with Crippen LogP contribution in [0.3, 0.4) is 0 Å². The van der Waals surface area contributed by atoms with Crippen LogP contribution >= 0.6 is 23.4 Å². The Hall–Kier alpha value is -1.12. The number of nitrogens with one attached hydrogen (secondary N) is 1. The Morgan fingerprint density at radius 2 is 2.12 bits per heavy atom. The van der Waals surface area contributed by atoms with Gasteiger partial charge in [0.25, 0.3) is 5.91 Å². The van der Waals surface area contributed by atoms with Gasteiger partial charge in [-0.2, -0.15) is 11.8 Å². The monoisotopic (exact) mass is 406 g/mol. The van der Waals surface area contributed by atoms with E-state index in [0.29, 0.717) is 23.0 Å². The van der Waals surface area contributed by atoms with E-state index >= 15 is 0 Å². The molecule has 140 valence electrons. The third kappa shape index (κ3) is 5.69. The Labute approximate surface area is 158 Å². The number of carbonyl (C=O) groups is 1. The van der Waals surface area contributed by atoms with Crippen molar-refractivity contribution in [1.82, 2.24) is 5.32 Å². The minimum atomic E-state index is -3.56. The van der Waals surface area contributed by atoms with E-state index < -0.39 is 16.1 Å². The van der Waals surface area contributed by atoms with Gasteiger partial charge in [0.15, 0.2) is 6.10 Å². The van der Waals surface area contributed by atoms with Gasteiger partial charge in [-0.05, 0) is 18.2 Å². The molecule has 0 aromatic heterocycles. The second-order valence-electron chi connectivity index (χ2n) is 6.76. The third-order valence-corrected chi connectivity index (χ3v) is 6.08. The van der Waals surface area contributed by atoms with Crippen molar-refractivity contribution in [1.29, 1.82) is 0 Å². The van der Waals surface area contributed by atoms with Gasteiger partial charge in [0.2, 0.25) is 10.0 Å². The Bertz CT molecular complexity index is 747. The van der Waals surface area contributed by atoms with E-state index in [2.05, 4.69) is 26.1 Å². The van der Waals surface area contributed by atoms with Gasteiger partial charge in [0.05, 0.1) is 18.5 Å². The van der Waals surface area contributed by atoms with Crippen LogP contribution in [0.25, 0.3) is 0 Å². The molecule has 25 heavy (non-hydrogen) atoms. The number of amides is 1. The predicted molar refractivity (Wildman–Crippen MR) is 103 cm³/mol. The SMILES string of the molecule is CC(C)(C)SCCNC(=O)[C@H]1CN(S(C)(=O)=O)c2cc(Cl)ccc2O1. The summed E-state index contributed by atoms with van der Waals surface area (Å²) in [5, 5.41) is 3.21. The first-order chi connectivity index (χ1) is 11.5. The molecule has 0 aliphatic carbocycles. The van der Waals surface area contributed by atoms with Crippen LogP contribution in [0.4, 0.5) is 5.69 Å². The summed E-state index contributed by atoms with van der Waals surface area (Å²) in [5.41, 5.74) is 0.349. The fraction of sp³-hybridized carbons (Fsp3) is 0.562. The topological polar surface area (TPSA) is 75.7 Å². The van der Waals surface area contributed by atoms with Crippen LogP contribution in [0.2, 0.25) is 5.02 Å². The Morgan fingerprint density at radius 3 is 2.72 bits per heavy atom. The first-order valence-electron chi connectivity index (χ1n) is 7.83. The van der Waals surface area contributed by atoms with Crippen LogP contribution < -0.4 is 14.4 Å². The number of rotatable bonds is 5. The average molecular weight is 407 g/mol. The molecule has 6 nitrogen and oxygen atoms in total. The molecule has 0 saturated carbocycles. The zero-order valence-corrected chi connectivity index (χ0v) is 17.1. The first-order valence-corrected chi connectivity index (χ1v) is 11.0. The largest absolute Gasteiger partial charge is 0.476 e. The van der Waals surface area contributed by atoms with Crippen molar-refractivity contribution in [2.75, 3.05) is 29.4 Å². The van der Waals surface area contributed by atoms with Gasteiger partial charge in [-0.15, -0.1) is 0 Å². The number of halogens is 1. The zero-order chi connectivity index (χ0) is 18.8. The lowest BCUT2D eigenvalue weighted by Crippen LogP contribution is -2.50. The normalized spacial score (nSPS) is 17.6. The van der Waals surface area contributed by atoms with Crippen molar-refractivity contribution in [3.05, 3.63) is 23.2 Å². The van der Waals surface area contributed by atoms with Crippen LogP contribution in [0.1, 0.15) is 20.8 Å². The Balaban J connectivity index is 2.08. The molecule has 1 aromatic rings. The molecular formula is C16H23ClN2O4S2. The van der Waals surface area contributed by atoms with E-state index in [1.807, 2.05) is 0 Å². The van der Waals surface area contributed by atoms with Gasteiger partial charge in [-0.25, -0.2) is 8.42 Å². The molecule has 0 saturated heterocycles. The highest BCUT2D eigenvalue weighted by atomic mass is 35.5. The van der Waals surface area contributed by atoms with Crippen LogP contribution in [0.15, 0.2) is 18.2 Å². The summed E-state index contributed by atoms with van der Waals surface area (Å²) in [4.78, 5) is 12.4. The summed E-state index contributed by atoms with van der Waals surface area (Å²) in [6, 6.07) is 4.69. The molecule has 0 unspecified atom stereocenters. The second kappa shape index (κ2) is 7.63. The molecule has 0 radical (unpaired) electrons. The van der Waals surface area contributed by atoms with Crippen molar-refractivity contribution in [2.45, 2.75) is 31.6 Å². The first kappa shape index (κ1) is 20.2. The van der Waals surface area contributed by atoms with Crippen molar-refractivity contribution < 1.29 is 17.9 Å². The minimum absolute atomic E-state index is 0.0789. The maximum absolute atomic E-state index is 12.4. The standard InChI is InChI=1S/C16H23ClN2O4S2/c1-16(2,3)24-8-7-18-15(20)14-10-19(25(4,21)22)12-9-11(17)5-6-13(12)23-14/h5-6,9,14H,7-8,10H2,1-4H3,(H,18,20)/t14-/m1/s1. The molecule has 1 aliphatic rings. The molecular weight excluding hydrogens is 384 g/mol. The summed E-state index contributed by atoms with van der Waals surface area (Å²) in [5.74, 6) is 0.762. The molecule has 1 heterocycles. The van der Waals surface area contributed by atoms with Crippen molar-refractivity contribution >= 4 is 45.0 Å². The summed E-state index contributed by atoms with van der Waals surface area (Å²) in [6.07, 6.45) is 0.195. The number of benzene rings is 1. The van der Waals surface area contributed by atoms with E-state index in [-0.39, 0.29) is 17.2 Å². The number of carbonyl (C=O) groups excluding carboxylic acids is 1. The Morgan fingerprint density at radius 1 is 1.44 bits per heavy atom. The molecule has 1 atom stereocenters. The number of thioether (sulfide) groups is 1. The fourth-order valence-corrected chi connectivity index (χ4v) is 4.21. The van der Waals surface area contributed by atoms with Gasteiger partial charge in [-0.1, -0.05) is 32.4 Å². The molecule has 0 spiro atoms. The van der Waals surface area contributed by atoms with Crippen molar-refractivity contribution in [2.24, 2.45) is 0 Å². The van der Waals surface area contributed by atoms with Gasteiger partial charge in [0, 0.05) is 22.1 Å². The van der Waals surface area contributed by atoms with E-state index in [4.69, 9.17) is 16.3 Å². The van der Waals surface area contributed by atoms with Crippen LogP contribution in [-0.4, -0.2) is 50.3 Å². The van der Waals surface area contributed by atoms with Crippen LogP contribution in [-0.2, 0) is 14.8 Å².